The van der Waals surface area contributed by atoms with Crippen LogP contribution in [0.4, 0.5) is 0 Å². The molecule has 0 aromatic carbocycles. The summed E-state index contributed by atoms with van der Waals surface area (Å²) in [7, 11) is 0. The quantitative estimate of drug-likeness (QED) is 0.590. The Balaban J connectivity index is 2.13. The largest absolute Gasteiger partial charge is 0.516 e. The summed E-state index contributed by atoms with van der Waals surface area (Å²) < 4.78 is 0. The number of nitrogens with zero attached hydrogens (tertiary/aromatic N) is 1. The van der Waals surface area contributed by atoms with Gasteiger partial charge in [0.2, 0.25) is 0 Å². The lowest BCUT2D eigenvalue weighted by molar-refractivity contribution is 0.250. The Hall–Kier alpha value is -0.500. The average Bonchev–Trinajstić information content (AvgIpc) is 2.03. The van der Waals surface area contributed by atoms with Gasteiger partial charge in [0.25, 0.3) is 0 Å². The van der Waals surface area contributed by atoms with Crippen molar-refractivity contribution in [2.24, 2.45) is 0 Å². The maximum Gasteiger partial charge on any atom is 0.0764 e. The van der Waals surface area contributed by atoms with Gasteiger partial charge in [0, 0.05) is 6.54 Å². The van der Waals surface area contributed by atoms with Crippen molar-refractivity contribution in [1.82, 2.24) is 4.90 Å². The summed E-state index contributed by atoms with van der Waals surface area (Å²) in [6.07, 6.45) is 6.94. The van der Waals surface area contributed by atoms with Crippen molar-refractivity contribution < 1.29 is 5.11 Å². The molecule has 0 aromatic rings. The van der Waals surface area contributed by atoms with Crippen molar-refractivity contribution >= 4 is 0 Å². The SMILES string of the molecule is O/C=C/CN1CCCCC1. The maximum absolute atomic E-state index is 8.39. The van der Waals surface area contributed by atoms with Crippen LogP contribution in [0.5, 0.6) is 0 Å². The van der Waals surface area contributed by atoms with E-state index in [1.54, 1.807) is 6.08 Å². The molecule has 1 heterocycles. The molecule has 58 valence electrons. The zero-order chi connectivity index (χ0) is 7.23. The van der Waals surface area contributed by atoms with E-state index in [2.05, 4.69) is 4.90 Å². The second-order valence-electron chi connectivity index (χ2n) is 2.75. The molecule has 0 saturated carbocycles. The van der Waals surface area contributed by atoms with Crippen LogP contribution in [0, 0.1) is 0 Å². The van der Waals surface area contributed by atoms with Crippen LogP contribution in [0.3, 0.4) is 0 Å². The minimum absolute atomic E-state index is 0.913. The molecule has 2 heteroatoms. The summed E-state index contributed by atoms with van der Waals surface area (Å²) in [5.41, 5.74) is 0. The zero-order valence-corrected chi connectivity index (χ0v) is 6.29. The monoisotopic (exact) mass is 141 g/mol. The molecule has 0 spiro atoms. The minimum Gasteiger partial charge on any atom is -0.516 e. The van der Waals surface area contributed by atoms with E-state index < -0.39 is 0 Å². The van der Waals surface area contributed by atoms with E-state index in [1.165, 1.54) is 32.4 Å². The molecule has 0 bridgehead atoms. The van der Waals surface area contributed by atoms with Crippen LogP contribution in [0.15, 0.2) is 12.3 Å². The fourth-order valence-corrected chi connectivity index (χ4v) is 1.34. The number of aliphatic hydroxyl groups is 1. The van der Waals surface area contributed by atoms with Crippen molar-refractivity contribution in [3.8, 4) is 0 Å². The lowest BCUT2D eigenvalue weighted by Gasteiger charge is -2.24. The molecule has 10 heavy (non-hydrogen) atoms. The Morgan fingerprint density at radius 3 is 2.50 bits per heavy atom. The molecule has 0 unspecified atom stereocenters. The Morgan fingerprint density at radius 1 is 1.20 bits per heavy atom. The van der Waals surface area contributed by atoms with E-state index in [1.807, 2.05) is 0 Å². The number of likely N-dealkylation sites (tertiary alicyclic amines) is 1. The highest BCUT2D eigenvalue weighted by Gasteiger charge is 2.06. The summed E-state index contributed by atoms with van der Waals surface area (Å²) in [5.74, 6) is 0. The highest BCUT2D eigenvalue weighted by molar-refractivity contribution is 4.78. The third kappa shape index (κ3) is 2.40. The number of piperidine rings is 1. The summed E-state index contributed by atoms with van der Waals surface area (Å²) in [4.78, 5) is 2.36. The van der Waals surface area contributed by atoms with Gasteiger partial charge < -0.3 is 5.11 Å². The first-order valence-corrected chi connectivity index (χ1v) is 3.95. The van der Waals surface area contributed by atoms with Crippen molar-refractivity contribution in [1.29, 1.82) is 0 Å². The predicted molar refractivity (Wildman–Crippen MR) is 42.1 cm³/mol. The summed E-state index contributed by atoms with van der Waals surface area (Å²) in [6.45, 7) is 3.31. The van der Waals surface area contributed by atoms with Crippen LogP contribution >= 0.6 is 0 Å². The molecule has 1 aliphatic heterocycles. The van der Waals surface area contributed by atoms with Gasteiger partial charge >= 0.3 is 0 Å². The molecule has 0 radical (unpaired) electrons. The third-order valence-corrected chi connectivity index (χ3v) is 1.92. The Labute approximate surface area is 62.2 Å². The predicted octanol–water partition coefficient (Wildman–Crippen LogP) is 1.54. The molecule has 0 aliphatic carbocycles. The van der Waals surface area contributed by atoms with Gasteiger partial charge in [-0.05, 0) is 32.0 Å². The van der Waals surface area contributed by atoms with Crippen molar-refractivity contribution in [3.63, 3.8) is 0 Å². The highest BCUT2D eigenvalue weighted by atomic mass is 16.2. The van der Waals surface area contributed by atoms with Crippen LogP contribution in [0.1, 0.15) is 19.3 Å². The molecule has 1 saturated heterocycles. The van der Waals surface area contributed by atoms with Gasteiger partial charge in [-0.3, -0.25) is 4.90 Å². The molecular formula is C8H15NO. The van der Waals surface area contributed by atoms with Crippen LogP contribution < -0.4 is 0 Å². The second-order valence-corrected chi connectivity index (χ2v) is 2.75. The van der Waals surface area contributed by atoms with Crippen LogP contribution in [-0.2, 0) is 0 Å². The van der Waals surface area contributed by atoms with Crippen LogP contribution in [0.25, 0.3) is 0 Å². The van der Waals surface area contributed by atoms with E-state index in [0.717, 1.165) is 12.8 Å². The first-order chi connectivity index (χ1) is 4.93. The summed E-state index contributed by atoms with van der Waals surface area (Å²) >= 11 is 0. The molecule has 1 fully saturated rings. The fraction of sp³-hybridized carbons (Fsp3) is 0.750. The Bertz CT molecular complexity index is 106. The smallest absolute Gasteiger partial charge is 0.0764 e. The standard InChI is InChI=1S/C8H15NO/c10-8-4-7-9-5-2-1-3-6-9/h4,8,10H,1-3,5-7H2/b8-4+. The number of rotatable bonds is 2. The van der Waals surface area contributed by atoms with Crippen molar-refractivity contribution in [2.45, 2.75) is 19.3 Å². The summed E-state index contributed by atoms with van der Waals surface area (Å²) in [6, 6.07) is 0. The molecular weight excluding hydrogens is 126 g/mol. The third-order valence-electron chi connectivity index (χ3n) is 1.92. The summed E-state index contributed by atoms with van der Waals surface area (Å²) in [5, 5.41) is 8.39. The van der Waals surface area contributed by atoms with E-state index in [-0.39, 0.29) is 0 Å². The fourth-order valence-electron chi connectivity index (χ4n) is 1.34. The van der Waals surface area contributed by atoms with Gasteiger partial charge in [-0.2, -0.15) is 0 Å². The molecule has 2 nitrogen and oxygen atoms in total. The molecule has 1 rings (SSSR count). The van der Waals surface area contributed by atoms with E-state index in [4.69, 9.17) is 5.11 Å². The van der Waals surface area contributed by atoms with Crippen molar-refractivity contribution in [2.75, 3.05) is 19.6 Å². The Morgan fingerprint density at radius 2 is 1.90 bits per heavy atom. The van der Waals surface area contributed by atoms with Gasteiger partial charge in [-0.1, -0.05) is 6.42 Å². The number of aliphatic hydroxyl groups excluding tert-OH is 1. The van der Waals surface area contributed by atoms with Crippen molar-refractivity contribution in [3.05, 3.63) is 12.3 Å². The topological polar surface area (TPSA) is 23.5 Å². The van der Waals surface area contributed by atoms with Gasteiger partial charge in [-0.25, -0.2) is 0 Å². The number of hydrogen-bond donors (Lipinski definition) is 1. The van der Waals surface area contributed by atoms with Gasteiger partial charge in [-0.15, -0.1) is 0 Å². The van der Waals surface area contributed by atoms with E-state index >= 15 is 0 Å². The molecule has 0 aromatic heterocycles. The minimum atomic E-state index is 0.913. The second kappa shape index (κ2) is 4.34. The maximum atomic E-state index is 8.39. The lowest BCUT2D eigenvalue weighted by Crippen LogP contribution is -2.29. The highest BCUT2D eigenvalue weighted by Crippen LogP contribution is 2.07. The van der Waals surface area contributed by atoms with Crippen LogP contribution in [0.2, 0.25) is 0 Å². The van der Waals surface area contributed by atoms with Gasteiger partial charge in [0.1, 0.15) is 0 Å². The molecule has 1 N–H and O–H groups in total. The first-order valence-electron chi connectivity index (χ1n) is 3.95. The average molecular weight is 141 g/mol. The molecule has 1 aliphatic rings. The van der Waals surface area contributed by atoms with Gasteiger partial charge in [0.15, 0.2) is 0 Å². The molecule has 0 amide bonds. The Kier molecular flexibility index (Phi) is 3.30. The normalized spacial score (nSPS) is 22.0. The lowest BCUT2D eigenvalue weighted by atomic mass is 10.1. The number of hydrogen-bond acceptors (Lipinski definition) is 2. The zero-order valence-electron chi connectivity index (χ0n) is 6.29. The first kappa shape index (κ1) is 7.61. The van der Waals surface area contributed by atoms with Crippen LogP contribution in [-0.4, -0.2) is 29.6 Å². The molecule has 0 atom stereocenters. The van der Waals surface area contributed by atoms with E-state index in [9.17, 15) is 0 Å². The van der Waals surface area contributed by atoms with E-state index in [0.29, 0.717) is 0 Å². The van der Waals surface area contributed by atoms with Gasteiger partial charge in [0.05, 0.1) is 6.26 Å².